The number of rotatable bonds is 5. The van der Waals surface area contributed by atoms with E-state index in [0.717, 1.165) is 30.6 Å². The Morgan fingerprint density at radius 3 is 2.37 bits per heavy atom. The highest BCUT2D eigenvalue weighted by atomic mass is 79.9. The second-order valence-electron chi connectivity index (χ2n) is 6.03. The van der Waals surface area contributed by atoms with Crippen LogP contribution in [0.5, 0.6) is 0 Å². The van der Waals surface area contributed by atoms with Crippen molar-refractivity contribution in [2.24, 2.45) is 7.05 Å². The maximum Gasteiger partial charge on any atom is 0.408 e. The summed E-state index contributed by atoms with van der Waals surface area (Å²) in [6.07, 6.45) is -4.94. The van der Waals surface area contributed by atoms with Crippen molar-refractivity contribution in [3.8, 4) is 0 Å². The van der Waals surface area contributed by atoms with Crippen molar-refractivity contribution >= 4 is 45.0 Å². The predicted octanol–water partition coefficient (Wildman–Crippen LogP) is 4.39. The minimum atomic E-state index is -4.94. The Morgan fingerprint density at radius 1 is 1.23 bits per heavy atom. The number of alkyl halides is 5. The lowest BCUT2D eigenvalue weighted by Crippen LogP contribution is -2.48. The summed E-state index contributed by atoms with van der Waals surface area (Å²) in [5.74, 6) is -8.47. The van der Waals surface area contributed by atoms with Gasteiger partial charge in [0.15, 0.2) is 5.69 Å². The van der Waals surface area contributed by atoms with Gasteiger partial charge in [0.1, 0.15) is 17.6 Å². The summed E-state index contributed by atoms with van der Waals surface area (Å²) in [6, 6.07) is 0.650. The molecule has 0 spiro atoms. The highest BCUT2D eigenvalue weighted by molar-refractivity contribution is 9.10. The topological polar surface area (TPSA) is 76.0 Å². The van der Waals surface area contributed by atoms with Crippen molar-refractivity contribution in [3.05, 3.63) is 44.9 Å². The molecule has 0 saturated heterocycles. The Balaban J connectivity index is 2.32. The molecule has 6 nitrogen and oxygen atoms in total. The number of carbonyl (C=O) groups is 2. The summed E-state index contributed by atoms with van der Waals surface area (Å²) >= 11 is 8.34. The zero-order valence-electron chi connectivity index (χ0n) is 15.0. The van der Waals surface area contributed by atoms with Crippen LogP contribution in [0.25, 0.3) is 0 Å². The number of hydrogen-bond acceptors (Lipinski definition) is 3. The maximum absolute atomic E-state index is 14.5. The van der Waals surface area contributed by atoms with E-state index in [9.17, 15) is 35.9 Å². The molecule has 0 saturated carbocycles. The summed E-state index contributed by atoms with van der Waals surface area (Å²) in [4.78, 5) is 24.2. The van der Waals surface area contributed by atoms with E-state index in [2.05, 4.69) is 26.3 Å². The molecule has 0 aliphatic heterocycles. The lowest BCUT2D eigenvalue weighted by Gasteiger charge is -2.20. The van der Waals surface area contributed by atoms with Crippen LogP contribution in [0.15, 0.2) is 22.7 Å². The highest BCUT2D eigenvalue weighted by Gasteiger charge is 2.49. The smallest absolute Gasteiger partial charge is 0.339 e. The normalized spacial score (nSPS) is 13.1. The maximum atomic E-state index is 14.5. The molecule has 1 unspecified atom stereocenters. The van der Waals surface area contributed by atoms with Gasteiger partial charge in [-0.1, -0.05) is 11.6 Å². The molecule has 2 rings (SSSR count). The van der Waals surface area contributed by atoms with Crippen molar-refractivity contribution in [1.29, 1.82) is 0 Å². The second-order valence-corrected chi connectivity index (χ2v) is 7.23. The number of anilines is 1. The lowest BCUT2D eigenvalue weighted by atomic mass is 10.2. The van der Waals surface area contributed by atoms with Gasteiger partial charge in [-0.15, -0.1) is 0 Å². The summed E-state index contributed by atoms with van der Waals surface area (Å²) < 4.78 is 79.8. The number of amides is 2. The largest absolute Gasteiger partial charge is 0.408 e. The first-order valence-corrected chi connectivity index (χ1v) is 9.08. The summed E-state index contributed by atoms with van der Waals surface area (Å²) in [7, 11) is 1.10. The van der Waals surface area contributed by atoms with Crippen molar-refractivity contribution in [1.82, 2.24) is 15.1 Å². The molecule has 1 aromatic heterocycles. The predicted molar refractivity (Wildman–Crippen MR) is 97.8 cm³/mol. The molecular weight excluding hydrogens is 510 g/mol. The molecule has 2 aromatic rings. The first kappa shape index (κ1) is 24.0. The van der Waals surface area contributed by atoms with E-state index >= 15 is 0 Å². The monoisotopic (exact) mass is 520 g/mol. The first-order chi connectivity index (χ1) is 13.7. The van der Waals surface area contributed by atoms with Crippen molar-refractivity contribution in [2.75, 3.05) is 5.32 Å². The van der Waals surface area contributed by atoms with Gasteiger partial charge in [-0.3, -0.25) is 14.3 Å². The first-order valence-electron chi connectivity index (χ1n) is 7.91. The van der Waals surface area contributed by atoms with Gasteiger partial charge in [-0.05, 0) is 41.1 Å². The molecule has 2 amide bonds. The van der Waals surface area contributed by atoms with E-state index in [1.807, 2.05) is 0 Å². The molecule has 164 valence electrons. The van der Waals surface area contributed by atoms with Gasteiger partial charge in [0.05, 0.1) is 9.50 Å². The number of aryl methyl sites for hydroxylation is 1. The van der Waals surface area contributed by atoms with E-state index in [1.165, 1.54) is 0 Å². The number of benzene rings is 1. The van der Waals surface area contributed by atoms with Gasteiger partial charge in [0.25, 0.3) is 11.8 Å². The SMILES string of the molecule is CC(NC(=O)C(F)(F)c1nn(C)c(C(=O)Nc2ccc(F)c(Cl)c2)c1Br)C(F)(F)F. The molecule has 0 radical (unpaired) electrons. The van der Waals surface area contributed by atoms with Gasteiger partial charge in [0.2, 0.25) is 0 Å². The quantitative estimate of drug-likeness (QED) is 0.574. The number of hydrogen-bond donors (Lipinski definition) is 2. The molecular formula is C16H12BrClF6N4O2. The molecule has 1 heterocycles. The third-order valence-electron chi connectivity index (χ3n) is 3.80. The minimum absolute atomic E-state index is 0.0320. The van der Waals surface area contributed by atoms with Crippen molar-refractivity contribution in [3.63, 3.8) is 0 Å². The van der Waals surface area contributed by atoms with Crippen LogP contribution in [0, 0.1) is 5.82 Å². The Kier molecular flexibility index (Phi) is 6.76. The van der Waals surface area contributed by atoms with Crippen LogP contribution in [0.1, 0.15) is 23.1 Å². The minimum Gasteiger partial charge on any atom is -0.339 e. The Labute approximate surface area is 178 Å². The number of halogens is 8. The van der Waals surface area contributed by atoms with Crippen LogP contribution in [0.4, 0.5) is 32.0 Å². The third-order valence-corrected chi connectivity index (χ3v) is 4.84. The standard InChI is InChI=1S/C16H12BrClF6N4O2/c1-6(16(22,23)24)25-14(30)15(20,21)12-10(17)11(28(2)27-12)13(29)26-7-3-4-9(19)8(18)5-7/h3-6H,1-2H3,(H,25,30)(H,26,29). The molecule has 14 heteroatoms. The van der Waals surface area contributed by atoms with Crippen LogP contribution in [0.2, 0.25) is 5.02 Å². The van der Waals surface area contributed by atoms with E-state index in [4.69, 9.17) is 11.6 Å². The number of nitrogens with one attached hydrogen (secondary N) is 2. The summed E-state index contributed by atoms with van der Waals surface area (Å²) in [5.41, 5.74) is -1.70. The molecule has 0 aliphatic rings. The van der Waals surface area contributed by atoms with E-state index in [-0.39, 0.29) is 10.7 Å². The Bertz CT molecular complexity index is 995. The zero-order chi connectivity index (χ0) is 23.0. The van der Waals surface area contributed by atoms with Crippen LogP contribution < -0.4 is 10.6 Å². The lowest BCUT2D eigenvalue weighted by molar-refractivity contribution is -0.169. The van der Waals surface area contributed by atoms with Gasteiger partial charge in [0, 0.05) is 12.7 Å². The van der Waals surface area contributed by atoms with Crippen LogP contribution >= 0.6 is 27.5 Å². The molecule has 1 aromatic carbocycles. The number of aromatic nitrogens is 2. The molecule has 0 aliphatic carbocycles. The molecule has 2 N–H and O–H groups in total. The molecule has 30 heavy (non-hydrogen) atoms. The molecule has 0 fully saturated rings. The van der Waals surface area contributed by atoms with Gasteiger partial charge in [-0.2, -0.15) is 27.1 Å². The fraction of sp³-hybridized carbons (Fsp3) is 0.312. The van der Waals surface area contributed by atoms with E-state index in [1.54, 1.807) is 0 Å². The Hall–Kier alpha value is -2.28. The Morgan fingerprint density at radius 2 is 1.83 bits per heavy atom. The van der Waals surface area contributed by atoms with Gasteiger partial charge >= 0.3 is 12.1 Å². The average Bonchev–Trinajstić information content (AvgIpc) is 2.92. The van der Waals surface area contributed by atoms with Crippen molar-refractivity contribution < 1.29 is 35.9 Å². The number of carbonyl (C=O) groups excluding carboxylic acids is 2. The van der Waals surface area contributed by atoms with Crippen molar-refractivity contribution in [2.45, 2.75) is 25.1 Å². The molecule has 0 bridgehead atoms. The summed E-state index contributed by atoms with van der Waals surface area (Å²) in [6.45, 7) is 0.494. The van der Waals surface area contributed by atoms with E-state index in [0.29, 0.717) is 11.6 Å². The van der Waals surface area contributed by atoms with Crippen LogP contribution in [0.3, 0.4) is 0 Å². The zero-order valence-corrected chi connectivity index (χ0v) is 17.4. The fourth-order valence-electron chi connectivity index (χ4n) is 2.19. The highest BCUT2D eigenvalue weighted by Crippen LogP contribution is 2.36. The van der Waals surface area contributed by atoms with Gasteiger partial charge < -0.3 is 10.6 Å². The third kappa shape index (κ3) is 4.89. The molecule has 1 atom stereocenters. The van der Waals surface area contributed by atoms with Crippen LogP contribution in [-0.4, -0.2) is 33.8 Å². The van der Waals surface area contributed by atoms with Crippen LogP contribution in [-0.2, 0) is 17.8 Å². The second kappa shape index (κ2) is 8.46. The number of nitrogens with zero attached hydrogens (tertiary/aromatic N) is 2. The fourth-order valence-corrected chi connectivity index (χ4v) is 3.13. The van der Waals surface area contributed by atoms with Gasteiger partial charge in [-0.25, -0.2) is 4.39 Å². The summed E-state index contributed by atoms with van der Waals surface area (Å²) in [5, 5.41) is 6.53. The average molecular weight is 522 g/mol. The van der Waals surface area contributed by atoms with E-state index < -0.39 is 51.6 Å².